The van der Waals surface area contributed by atoms with Gasteiger partial charge in [0.2, 0.25) is 5.95 Å². The molecule has 2 rings (SSSR count). The van der Waals surface area contributed by atoms with E-state index in [1.807, 2.05) is 0 Å². The summed E-state index contributed by atoms with van der Waals surface area (Å²) in [7, 11) is 0. The smallest absolute Gasteiger partial charge is 0.355 e. The fourth-order valence-electron chi connectivity index (χ4n) is 1.64. The van der Waals surface area contributed by atoms with Gasteiger partial charge in [-0.2, -0.15) is 4.39 Å². The number of hydrogen-bond acceptors (Lipinski definition) is 2. The second-order valence-corrected chi connectivity index (χ2v) is 5.67. The Morgan fingerprint density at radius 1 is 0.952 bits per heavy atom. The summed E-state index contributed by atoms with van der Waals surface area (Å²) in [5.41, 5.74) is -0.588. The summed E-state index contributed by atoms with van der Waals surface area (Å²) in [5, 5.41) is 8.66. The minimum Gasteiger partial charge on any atom is -0.476 e. The third kappa shape index (κ3) is 2.91. The Labute approximate surface area is 143 Å². The van der Waals surface area contributed by atoms with E-state index in [0.29, 0.717) is 0 Å². The number of pyridine rings is 1. The van der Waals surface area contributed by atoms with Crippen LogP contribution in [0.2, 0.25) is 25.1 Å². The van der Waals surface area contributed by atoms with E-state index in [-0.39, 0.29) is 36.2 Å². The monoisotopic (exact) mass is 387 g/mol. The fourth-order valence-corrected chi connectivity index (χ4v) is 2.98. The highest BCUT2D eigenvalue weighted by molar-refractivity contribution is 6.56. The molecule has 0 amide bonds. The van der Waals surface area contributed by atoms with Gasteiger partial charge in [0.25, 0.3) is 0 Å². The Morgan fingerprint density at radius 3 is 1.90 bits per heavy atom. The number of benzene rings is 1. The van der Waals surface area contributed by atoms with Crippen LogP contribution < -0.4 is 0 Å². The third-order valence-corrected chi connectivity index (χ3v) is 4.82. The normalized spacial score (nSPS) is 10.8. The van der Waals surface area contributed by atoms with Crippen molar-refractivity contribution in [1.29, 1.82) is 0 Å². The number of hydrogen-bond donors (Lipinski definition) is 1. The van der Waals surface area contributed by atoms with Gasteiger partial charge in [-0.05, 0) is 12.1 Å². The van der Waals surface area contributed by atoms with E-state index in [1.165, 1.54) is 6.07 Å². The quantitative estimate of drug-likeness (QED) is 0.398. The highest BCUT2D eigenvalue weighted by atomic mass is 35.5. The molecule has 0 unspecified atom stereocenters. The molecular formula is C12H3Cl5FNO2. The lowest BCUT2D eigenvalue weighted by Gasteiger charge is -2.14. The van der Waals surface area contributed by atoms with Crippen molar-refractivity contribution >= 4 is 64.0 Å². The minimum atomic E-state index is -1.46. The van der Waals surface area contributed by atoms with Gasteiger partial charge in [-0.1, -0.05) is 58.0 Å². The molecule has 21 heavy (non-hydrogen) atoms. The lowest BCUT2D eigenvalue weighted by molar-refractivity contribution is 0.0690. The first-order valence-corrected chi connectivity index (χ1v) is 7.06. The van der Waals surface area contributed by atoms with Crippen LogP contribution in [0, 0.1) is 5.95 Å². The van der Waals surface area contributed by atoms with Crippen LogP contribution in [0.5, 0.6) is 0 Å². The van der Waals surface area contributed by atoms with E-state index >= 15 is 0 Å². The van der Waals surface area contributed by atoms with Gasteiger partial charge >= 0.3 is 5.97 Å². The second kappa shape index (κ2) is 6.15. The maximum atomic E-state index is 13.1. The van der Waals surface area contributed by atoms with E-state index in [1.54, 1.807) is 0 Å². The summed E-state index contributed by atoms with van der Waals surface area (Å²) in [5.74, 6) is -2.42. The topological polar surface area (TPSA) is 50.2 Å². The molecule has 0 radical (unpaired) electrons. The number of carboxylic acid groups (broad SMARTS) is 1. The van der Waals surface area contributed by atoms with Crippen molar-refractivity contribution in [1.82, 2.24) is 4.98 Å². The molecule has 0 aliphatic carbocycles. The molecule has 0 aliphatic heterocycles. The average molecular weight is 389 g/mol. The maximum absolute atomic E-state index is 13.1. The number of carboxylic acids is 1. The summed E-state index contributed by atoms with van der Waals surface area (Å²) < 4.78 is 13.1. The Hall–Kier alpha value is -0.780. The number of aromatic carboxylic acids is 1. The molecule has 0 bridgehead atoms. The van der Waals surface area contributed by atoms with Gasteiger partial charge in [0.05, 0.1) is 25.1 Å². The molecule has 0 spiro atoms. The molecule has 0 fully saturated rings. The highest BCUT2D eigenvalue weighted by Crippen LogP contribution is 2.48. The molecule has 0 aliphatic rings. The van der Waals surface area contributed by atoms with E-state index < -0.39 is 17.6 Å². The zero-order valence-electron chi connectivity index (χ0n) is 9.73. The molecule has 1 aromatic heterocycles. The molecule has 1 aromatic carbocycles. The van der Waals surface area contributed by atoms with Crippen LogP contribution in [0.1, 0.15) is 10.5 Å². The number of carbonyl (C=O) groups is 1. The number of nitrogens with zero attached hydrogens (tertiary/aromatic N) is 1. The van der Waals surface area contributed by atoms with Crippen LogP contribution in [0.4, 0.5) is 4.39 Å². The Kier molecular flexibility index (Phi) is 4.85. The van der Waals surface area contributed by atoms with Crippen LogP contribution in [0.15, 0.2) is 12.1 Å². The first-order valence-electron chi connectivity index (χ1n) is 5.17. The number of aromatic nitrogens is 1. The Bertz CT molecular complexity index is 737. The summed E-state index contributed by atoms with van der Waals surface area (Å²) in [4.78, 5) is 14.5. The van der Waals surface area contributed by atoms with Gasteiger partial charge < -0.3 is 5.11 Å². The van der Waals surface area contributed by atoms with Crippen LogP contribution in [-0.2, 0) is 0 Å². The van der Waals surface area contributed by atoms with Crippen LogP contribution >= 0.6 is 58.0 Å². The first-order chi connectivity index (χ1) is 9.75. The SMILES string of the molecule is O=C(O)c1nc(F)ccc1-c1c(Cl)c(Cl)c(Cl)c(Cl)c1Cl. The van der Waals surface area contributed by atoms with Crippen LogP contribution in [-0.4, -0.2) is 16.1 Å². The average Bonchev–Trinajstić information content (AvgIpc) is 2.44. The first kappa shape index (κ1) is 16.6. The van der Waals surface area contributed by atoms with E-state index in [2.05, 4.69) is 4.98 Å². The second-order valence-electron chi connectivity index (χ2n) is 3.78. The third-order valence-electron chi connectivity index (χ3n) is 2.54. The summed E-state index contributed by atoms with van der Waals surface area (Å²) in [6.45, 7) is 0. The Balaban J connectivity index is 2.89. The minimum absolute atomic E-state index is 0.0163. The molecule has 0 saturated heterocycles. The van der Waals surface area contributed by atoms with Crippen molar-refractivity contribution in [2.24, 2.45) is 0 Å². The van der Waals surface area contributed by atoms with Gasteiger partial charge in [-0.15, -0.1) is 0 Å². The van der Waals surface area contributed by atoms with Crippen molar-refractivity contribution in [3.63, 3.8) is 0 Å². The molecule has 0 atom stereocenters. The largest absolute Gasteiger partial charge is 0.476 e. The maximum Gasteiger partial charge on any atom is 0.355 e. The zero-order valence-corrected chi connectivity index (χ0v) is 13.5. The molecule has 0 saturated carbocycles. The van der Waals surface area contributed by atoms with Crippen molar-refractivity contribution in [2.45, 2.75) is 0 Å². The molecule has 9 heteroatoms. The van der Waals surface area contributed by atoms with Crippen molar-refractivity contribution in [3.8, 4) is 11.1 Å². The molecule has 2 aromatic rings. The molecule has 1 N–H and O–H groups in total. The lowest BCUT2D eigenvalue weighted by Crippen LogP contribution is -2.05. The predicted octanol–water partition coefficient (Wildman–Crippen LogP) is 5.85. The van der Waals surface area contributed by atoms with Crippen LogP contribution in [0.3, 0.4) is 0 Å². The van der Waals surface area contributed by atoms with E-state index in [0.717, 1.165) is 6.07 Å². The molecule has 3 nitrogen and oxygen atoms in total. The number of rotatable bonds is 2. The van der Waals surface area contributed by atoms with Gasteiger partial charge in [-0.3, -0.25) is 0 Å². The van der Waals surface area contributed by atoms with Crippen molar-refractivity contribution < 1.29 is 14.3 Å². The predicted molar refractivity (Wildman–Crippen MR) is 81.6 cm³/mol. The van der Waals surface area contributed by atoms with E-state index in [9.17, 15) is 9.18 Å². The lowest BCUT2D eigenvalue weighted by atomic mass is 10.0. The molecule has 110 valence electrons. The molecule has 1 heterocycles. The Morgan fingerprint density at radius 2 is 1.43 bits per heavy atom. The van der Waals surface area contributed by atoms with Crippen molar-refractivity contribution in [3.05, 3.63) is 48.9 Å². The summed E-state index contributed by atoms with van der Waals surface area (Å²) in [6.07, 6.45) is 0. The standard InChI is InChI=1S/C12H3Cl5FNO2/c13-6-5(7(14)9(16)10(17)8(6)15)3-1-2-4(18)19-11(3)12(20)21/h1-2H,(H,20,21). The highest BCUT2D eigenvalue weighted by Gasteiger charge is 2.24. The van der Waals surface area contributed by atoms with Crippen molar-refractivity contribution in [2.75, 3.05) is 0 Å². The number of halogens is 6. The van der Waals surface area contributed by atoms with Crippen LogP contribution in [0.25, 0.3) is 11.1 Å². The van der Waals surface area contributed by atoms with Gasteiger partial charge in [0, 0.05) is 11.1 Å². The summed E-state index contributed by atoms with van der Waals surface area (Å²) >= 11 is 29.8. The zero-order chi connectivity index (χ0) is 15.9. The van der Waals surface area contributed by atoms with Gasteiger partial charge in [-0.25, -0.2) is 9.78 Å². The van der Waals surface area contributed by atoms with Gasteiger partial charge in [0.15, 0.2) is 5.69 Å². The molecular weight excluding hydrogens is 386 g/mol. The summed E-state index contributed by atoms with van der Waals surface area (Å²) in [6, 6.07) is 2.13. The van der Waals surface area contributed by atoms with Gasteiger partial charge in [0.1, 0.15) is 0 Å². The van der Waals surface area contributed by atoms with E-state index in [4.69, 9.17) is 63.1 Å². The fraction of sp³-hybridized carbons (Fsp3) is 0.